The van der Waals surface area contributed by atoms with Crippen LogP contribution in [0.15, 0.2) is 73.1 Å². The fraction of sp³-hybridized carbons (Fsp3) is 0.480. The lowest BCUT2D eigenvalue weighted by Crippen LogP contribution is -2.12. The normalized spacial score (nSPS) is 11.5. The van der Waals surface area contributed by atoms with Gasteiger partial charge in [-0.05, 0) is 143 Å². The van der Waals surface area contributed by atoms with Gasteiger partial charge in [0.05, 0.1) is 0 Å². The van der Waals surface area contributed by atoms with Crippen molar-refractivity contribution >= 4 is 29.1 Å². The monoisotopic (exact) mass is 821 g/mol. The summed E-state index contributed by atoms with van der Waals surface area (Å²) in [5.74, 6) is 1.70. The van der Waals surface area contributed by atoms with Crippen molar-refractivity contribution in [2.75, 3.05) is 11.5 Å². The van der Waals surface area contributed by atoms with Crippen LogP contribution in [0.25, 0.3) is 4.85 Å². The topological polar surface area (TPSA) is 121 Å². The molecule has 320 valence electrons. The number of anilines is 2. The third kappa shape index (κ3) is 20.1. The van der Waals surface area contributed by atoms with Gasteiger partial charge in [-0.15, -0.1) is 4.98 Å². The number of nitrogens with zero attached hydrogens (tertiary/aromatic N) is 6. The Morgan fingerprint density at radius 3 is 1.07 bits per heavy atom. The highest BCUT2D eigenvalue weighted by Crippen LogP contribution is 2.27. The van der Waals surface area contributed by atoms with Crippen molar-refractivity contribution in [3.63, 3.8) is 0 Å². The third-order valence-electron chi connectivity index (χ3n) is 8.96. The molecule has 0 unspecified atom stereocenters. The van der Waals surface area contributed by atoms with Crippen molar-refractivity contribution in [1.82, 2.24) is 24.9 Å². The molecule has 0 aromatic carbocycles. The Kier molecular flexibility index (Phi) is 18.9. The maximum Gasteiger partial charge on any atom is 0.269 e. The lowest BCUT2D eigenvalue weighted by atomic mass is 9.87. The Hall–Kier alpha value is -4.87. The average Bonchev–Trinajstić information content (AvgIpc) is 3.06. The average molecular weight is 822 g/mol. The van der Waals surface area contributed by atoms with Crippen molar-refractivity contribution in [2.24, 2.45) is 0 Å². The predicted octanol–water partition coefficient (Wildman–Crippen LogP) is 13.5. The highest BCUT2D eigenvalue weighted by molar-refractivity contribution is 6.29. The van der Waals surface area contributed by atoms with Gasteiger partial charge in [0.1, 0.15) is 23.0 Å². The number of nitrogens with two attached hydrogens (primary N) is 2. The summed E-state index contributed by atoms with van der Waals surface area (Å²) in [5.41, 5.74) is 22.4. The van der Waals surface area contributed by atoms with E-state index in [1.165, 1.54) is 22.3 Å². The molecule has 59 heavy (non-hydrogen) atoms. The number of halogens is 1. The third-order valence-corrected chi connectivity index (χ3v) is 9.15. The van der Waals surface area contributed by atoms with E-state index in [1.54, 1.807) is 6.20 Å². The van der Waals surface area contributed by atoms with E-state index < -0.39 is 0 Å². The molecule has 8 nitrogen and oxygen atoms in total. The summed E-state index contributed by atoms with van der Waals surface area (Å²) >= 11 is 5.85. The molecule has 0 bridgehead atoms. The molecule has 0 atom stereocenters. The lowest BCUT2D eigenvalue weighted by Gasteiger charge is -2.19. The second-order valence-corrected chi connectivity index (χ2v) is 20.5. The van der Waals surface area contributed by atoms with Gasteiger partial charge in [0.15, 0.2) is 0 Å². The SMILES string of the molecule is Cc1cc(C(C)(C)C)cc(Cl)n1.Cc1cc(C(C)(C)C)cc(N)n1.Cc1cc(C(C)(C)C)cc(N)n1.Cc1cc(C(C)(C)C)ccn1.[C-]#[N+]c1cc(C(C)(C)C)ccn1. The summed E-state index contributed by atoms with van der Waals surface area (Å²) in [4.78, 5) is 23.7. The van der Waals surface area contributed by atoms with Gasteiger partial charge in [-0.2, -0.15) is 0 Å². The van der Waals surface area contributed by atoms with Gasteiger partial charge in [-0.1, -0.05) is 122 Å². The molecule has 4 N–H and O–H groups in total. The van der Waals surface area contributed by atoms with Crippen LogP contribution in [0, 0.1) is 34.3 Å². The van der Waals surface area contributed by atoms with Crippen LogP contribution in [0.3, 0.4) is 0 Å². The number of hydrogen-bond donors (Lipinski definition) is 2. The number of hydrogen-bond acceptors (Lipinski definition) is 7. The van der Waals surface area contributed by atoms with Crippen LogP contribution in [-0.2, 0) is 27.1 Å². The van der Waals surface area contributed by atoms with Crippen LogP contribution in [0.2, 0.25) is 5.15 Å². The molecular weight excluding hydrogens is 748 g/mol. The highest BCUT2D eigenvalue weighted by atomic mass is 35.5. The molecule has 5 aromatic rings. The molecule has 0 amide bonds. The minimum atomic E-state index is 0.0996. The fourth-order valence-corrected chi connectivity index (χ4v) is 5.52. The first-order valence-corrected chi connectivity index (χ1v) is 20.5. The van der Waals surface area contributed by atoms with Crippen LogP contribution < -0.4 is 11.5 Å². The van der Waals surface area contributed by atoms with Gasteiger partial charge in [0.25, 0.3) is 5.82 Å². The van der Waals surface area contributed by atoms with E-state index in [-0.39, 0.29) is 27.1 Å². The van der Waals surface area contributed by atoms with Crippen molar-refractivity contribution in [1.29, 1.82) is 0 Å². The first-order chi connectivity index (χ1) is 26.7. The minimum Gasteiger partial charge on any atom is -0.384 e. The van der Waals surface area contributed by atoms with E-state index in [1.807, 2.05) is 64.2 Å². The largest absolute Gasteiger partial charge is 0.384 e. The van der Waals surface area contributed by atoms with Gasteiger partial charge >= 0.3 is 0 Å². The molecule has 0 aliphatic carbocycles. The molecule has 9 heteroatoms. The lowest BCUT2D eigenvalue weighted by molar-refractivity contribution is 0.588. The van der Waals surface area contributed by atoms with E-state index in [4.69, 9.17) is 29.6 Å². The maximum atomic E-state index is 6.81. The van der Waals surface area contributed by atoms with Gasteiger partial charge in [-0.3, -0.25) is 4.98 Å². The summed E-state index contributed by atoms with van der Waals surface area (Å²) in [6, 6.07) is 20.0. The van der Waals surface area contributed by atoms with Crippen molar-refractivity contribution < 1.29 is 0 Å². The van der Waals surface area contributed by atoms with E-state index >= 15 is 0 Å². The number of pyridine rings is 5. The standard InChI is InChI=1S/C10H14ClN.2C10H16N2.C10H12N2.C10H15N/c3*1-7-5-8(10(2,3)4)6-9(11)12-7;1-10(2,3)8-5-6-12-9(7-8)11-4;1-8-7-9(5-6-11-8)10(2,3)4/h5-6H,1-4H3;2*5-6H,1-4H3,(H2,11,12);5-7H,1-3H3;5-7H,1-4H3. The summed E-state index contributed by atoms with van der Waals surface area (Å²) in [5, 5.41) is 0.583. The Labute approximate surface area is 362 Å². The molecular formula is C50H73ClN8. The number of aryl methyl sites for hydroxylation is 4. The Morgan fingerprint density at radius 2 is 0.763 bits per heavy atom. The van der Waals surface area contributed by atoms with E-state index in [0.717, 1.165) is 28.3 Å². The molecule has 0 aliphatic heterocycles. The molecule has 5 aromatic heterocycles. The molecule has 0 saturated heterocycles. The fourth-order valence-electron chi connectivity index (χ4n) is 5.27. The second kappa shape index (κ2) is 21.4. The second-order valence-electron chi connectivity index (χ2n) is 20.1. The van der Waals surface area contributed by atoms with Crippen LogP contribution in [0.5, 0.6) is 0 Å². The first-order valence-electron chi connectivity index (χ1n) is 20.1. The molecule has 0 saturated carbocycles. The van der Waals surface area contributed by atoms with Crippen molar-refractivity contribution in [2.45, 2.75) is 159 Å². The molecule has 0 radical (unpaired) electrons. The Balaban J connectivity index is 0.000000369. The molecule has 5 rings (SSSR count). The van der Waals surface area contributed by atoms with Crippen LogP contribution in [0.1, 0.15) is 154 Å². The molecule has 0 fully saturated rings. The number of nitrogen functional groups attached to an aromatic ring is 2. The summed E-state index contributed by atoms with van der Waals surface area (Å²) < 4.78 is 0. The summed E-state index contributed by atoms with van der Waals surface area (Å²) in [6.45, 7) is 47.2. The molecule has 5 heterocycles. The van der Waals surface area contributed by atoms with Crippen LogP contribution in [0.4, 0.5) is 17.5 Å². The smallest absolute Gasteiger partial charge is 0.269 e. The molecule has 0 spiro atoms. The highest BCUT2D eigenvalue weighted by Gasteiger charge is 2.17. The zero-order valence-corrected chi connectivity index (χ0v) is 40.4. The summed E-state index contributed by atoms with van der Waals surface area (Å²) in [6.07, 6.45) is 3.56. The Morgan fingerprint density at radius 1 is 0.441 bits per heavy atom. The zero-order chi connectivity index (χ0) is 45.7. The van der Waals surface area contributed by atoms with Crippen molar-refractivity contribution in [3.8, 4) is 0 Å². The van der Waals surface area contributed by atoms with E-state index in [9.17, 15) is 0 Å². The maximum absolute atomic E-state index is 6.81. The van der Waals surface area contributed by atoms with Crippen LogP contribution >= 0.6 is 11.6 Å². The zero-order valence-electron chi connectivity index (χ0n) is 39.6. The van der Waals surface area contributed by atoms with Gasteiger partial charge in [-0.25, -0.2) is 15.0 Å². The Bertz CT molecular complexity index is 1920. The predicted molar refractivity (Wildman–Crippen MR) is 254 cm³/mol. The summed E-state index contributed by atoms with van der Waals surface area (Å²) in [7, 11) is 0. The number of rotatable bonds is 0. The van der Waals surface area contributed by atoms with E-state index in [0.29, 0.717) is 22.6 Å². The first kappa shape index (κ1) is 52.1. The van der Waals surface area contributed by atoms with E-state index in [2.05, 4.69) is 164 Å². The van der Waals surface area contributed by atoms with Crippen LogP contribution in [-0.4, -0.2) is 24.9 Å². The van der Waals surface area contributed by atoms with Gasteiger partial charge in [0, 0.05) is 29.0 Å². The molecule has 0 aliphatic rings. The van der Waals surface area contributed by atoms with Gasteiger partial charge in [0.2, 0.25) is 0 Å². The number of aromatic nitrogens is 5. The minimum absolute atomic E-state index is 0.0996. The van der Waals surface area contributed by atoms with Crippen molar-refractivity contribution in [3.05, 3.63) is 140 Å². The van der Waals surface area contributed by atoms with Gasteiger partial charge < -0.3 is 16.3 Å². The quantitative estimate of drug-likeness (QED) is 0.118.